The molecule has 0 bridgehead atoms. The molecular formula is C20H25FN2O4. The van der Waals surface area contributed by atoms with Crippen LogP contribution in [0.4, 0.5) is 4.39 Å². The Labute approximate surface area is 158 Å². The summed E-state index contributed by atoms with van der Waals surface area (Å²) in [5.41, 5.74) is 0.280. The average Bonchev–Trinajstić information content (AvgIpc) is 3.10. The summed E-state index contributed by atoms with van der Waals surface area (Å²) in [5.74, 6) is -0.582. The molecule has 6 nitrogen and oxygen atoms in total. The predicted molar refractivity (Wildman–Crippen MR) is 97.6 cm³/mol. The number of carbonyl (C=O) groups is 2. The zero-order valence-corrected chi connectivity index (χ0v) is 15.7. The van der Waals surface area contributed by atoms with E-state index in [1.54, 1.807) is 30.0 Å². The summed E-state index contributed by atoms with van der Waals surface area (Å²) >= 11 is 0. The second kappa shape index (κ2) is 8.06. The third kappa shape index (κ3) is 4.12. The Morgan fingerprint density at radius 1 is 1.33 bits per heavy atom. The molecule has 0 spiro atoms. The van der Waals surface area contributed by atoms with Gasteiger partial charge in [-0.3, -0.25) is 9.59 Å². The molecule has 2 heterocycles. The van der Waals surface area contributed by atoms with Crippen molar-refractivity contribution >= 4 is 17.6 Å². The molecule has 1 amide bonds. The summed E-state index contributed by atoms with van der Waals surface area (Å²) in [4.78, 5) is 31.6. The number of hydrogen-bond donors (Lipinski definition) is 0. The smallest absolute Gasteiger partial charge is 0.312 e. The van der Waals surface area contributed by atoms with Gasteiger partial charge in [0.15, 0.2) is 0 Å². The summed E-state index contributed by atoms with van der Waals surface area (Å²) in [6.07, 6.45) is 1.63. The molecule has 1 aromatic carbocycles. The highest BCUT2D eigenvalue weighted by Gasteiger charge is 2.46. The molecule has 7 heteroatoms. The van der Waals surface area contributed by atoms with Crippen molar-refractivity contribution in [2.24, 2.45) is 10.6 Å². The molecule has 1 aromatic rings. The van der Waals surface area contributed by atoms with Gasteiger partial charge in [0.25, 0.3) is 0 Å². The number of rotatable bonds is 5. The molecule has 3 rings (SSSR count). The molecule has 2 aliphatic rings. The Morgan fingerprint density at radius 2 is 2.04 bits per heavy atom. The lowest BCUT2D eigenvalue weighted by Crippen LogP contribution is -2.48. The second-order valence-corrected chi connectivity index (χ2v) is 7.16. The molecule has 146 valence electrons. The Morgan fingerprint density at radius 3 is 2.67 bits per heavy atom. The molecule has 1 atom stereocenters. The van der Waals surface area contributed by atoms with Crippen LogP contribution >= 0.6 is 0 Å². The number of hydrogen-bond acceptors (Lipinski definition) is 5. The lowest BCUT2D eigenvalue weighted by Gasteiger charge is -2.40. The number of halogens is 1. The van der Waals surface area contributed by atoms with Crippen LogP contribution in [0.1, 0.15) is 45.1 Å². The van der Waals surface area contributed by atoms with E-state index >= 15 is 0 Å². The fourth-order valence-electron chi connectivity index (χ4n) is 3.85. The third-order valence-electron chi connectivity index (χ3n) is 5.41. The number of benzene rings is 1. The SMILES string of the molecule is CCOC(=O)C1(CC2CC(c3ccccc3F)=NO2)CCN(C(C)=O)CC1. The largest absolute Gasteiger partial charge is 0.466 e. The Bertz CT molecular complexity index is 741. The first kappa shape index (κ1) is 19.3. The summed E-state index contributed by atoms with van der Waals surface area (Å²) < 4.78 is 19.3. The van der Waals surface area contributed by atoms with Gasteiger partial charge in [-0.25, -0.2) is 4.39 Å². The molecule has 0 aromatic heterocycles. The van der Waals surface area contributed by atoms with E-state index in [0.717, 1.165) is 0 Å². The van der Waals surface area contributed by atoms with E-state index in [9.17, 15) is 14.0 Å². The molecule has 0 aliphatic carbocycles. The van der Waals surface area contributed by atoms with Crippen molar-refractivity contribution in [1.82, 2.24) is 4.90 Å². The van der Waals surface area contributed by atoms with E-state index < -0.39 is 5.41 Å². The number of carbonyl (C=O) groups excluding carboxylic acids is 2. The fraction of sp³-hybridized carbons (Fsp3) is 0.550. The number of esters is 1. The highest BCUT2D eigenvalue weighted by Crippen LogP contribution is 2.40. The van der Waals surface area contributed by atoms with Gasteiger partial charge in [0.1, 0.15) is 11.9 Å². The molecule has 0 N–H and O–H groups in total. The van der Waals surface area contributed by atoms with Gasteiger partial charge in [0.2, 0.25) is 5.91 Å². The number of likely N-dealkylation sites (tertiary alicyclic amines) is 1. The van der Waals surface area contributed by atoms with Crippen LogP contribution in [-0.4, -0.2) is 48.3 Å². The van der Waals surface area contributed by atoms with Gasteiger partial charge in [-0.15, -0.1) is 0 Å². The van der Waals surface area contributed by atoms with E-state index in [-0.39, 0.29) is 23.8 Å². The maximum atomic E-state index is 14.0. The van der Waals surface area contributed by atoms with Crippen LogP contribution in [0, 0.1) is 11.2 Å². The molecule has 2 aliphatic heterocycles. The van der Waals surface area contributed by atoms with E-state index in [1.807, 2.05) is 0 Å². The van der Waals surface area contributed by atoms with Crippen molar-refractivity contribution in [3.05, 3.63) is 35.6 Å². The van der Waals surface area contributed by atoms with Crippen LogP contribution < -0.4 is 0 Å². The van der Waals surface area contributed by atoms with Crippen LogP contribution in [0.5, 0.6) is 0 Å². The summed E-state index contributed by atoms with van der Waals surface area (Å²) in [5, 5.41) is 4.05. The predicted octanol–water partition coefficient (Wildman–Crippen LogP) is 2.90. The molecular weight excluding hydrogens is 351 g/mol. The molecule has 27 heavy (non-hydrogen) atoms. The lowest BCUT2D eigenvalue weighted by atomic mass is 9.73. The molecule has 1 saturated heterocycles. The minimum Gasteiger partial charge on any atom is -0.466 e. The van der Waals surface area contributed by atoms with Crippen LogP contribution in [0.25, 0.3) is 0 Å². The Balaban J connectivity index is 1.70. The van der Waals surface area contributed by atoms with E-state index in [0.29, 0.717) is 56.7 Å². The first-order valence-electron chi connectivity index (χ1n) is 9.35. The first-order chi connectivity index (χ1) is 12.9. The average molecular weight is 376 g/mol. The van der Waals surface area contributed by atoms with Crippen molar-refractivity contribution < 1.29 is 23.6 Å². The van der Waals surface area contributed by atoms with Crippen molar-refractivity contribution in [2.45, 2.75) is 45.6 Å². The Kier molecular flexibility index (Phi) is 5.77. The van der Waals surface area contributed by atoms with Crippen LogP contribution in [-0.2, 0) is 19.2 Å². The van der Waals surface area contributed by atoms with Crippen LogP contribution in [0.15, 0.2) is 29.4 Å². The fourth-order valence-corrected chi connectivity index (χ4v) is 3.85. The van der Waals surface area contributed by atoms with E-state index in [2.05, 4.69) is 5.16 Å². The van der Waals surface area contributed by atoms with Gasteiger partial charge >= 0.3 is 5.97 Å². The van der Waals surface area contributed by atoms with Gasteiger partial charge < -0.3 is 14.5 Å². The molecule has 1 fully saturated rings. The van der Waals surface area contributed by atoms with Crippen LogP contribution in [0.3, 0.4) is 0 Å². The zero-order valence-electron chi connectivity index (χ0n) is 15.7. The van der Waals surface area contributed by atoms with Gasteiger partial charge in [-0.2, -0.15) is 0 Å². The highest BCUT2D eigenvalue weighted by molar-refractivity contribution is 6.01. The number of ether oxygens (including phenoxy) is 1. The van der Waals surface area contributed by atoms with E-state index in [1.165, 1.54) is 13.0 Å². The second-order valence-electron chi connectivity index (χ2n) is 7.16. The molecule has 0 saturated carbocycles. The van der Waals surface area contributed by atoms with Crippen LogP contribution in [0.2, 0.25) is 0 Å². The number of oxime groups is 1. The van der Waals surface area contributed by atoms with Gasteiger partial charge in [-0.05, 0) is 25.8 Å². The zero-order chi connectivity index (χ0) is 19.4. The topological polar surface area (TPSA) is 68.2 Å². The van der Waals surface area contributed by atoms with E-state index in [4.69, 9.17) is 9.57 Å². The maximum Gasteiger partial charge on any atom is 0.312 e. The lowest BCUT2D eigenvalue weighted by molar-refractivity contribution is -0.163. The molecule has 0 radical (unpaired) electrons. The number of amides is 1. The van der Waals surface area contributed by atoms with Crippen molar-refractivity contribution in [3.63, 3.8) is 0 Å². The maximum absolute atomic E-state index is 14.0. The number of piperidine rings is 1. The van der Waals surface area contributed by atoms with Gasteiger partial charge in [-0.1, -0.05) is 23.4 Å². The third-order valence-corrected chi connectivity index (χ3v) is 5.41. The normalized spacial score (nSPS) is 21.4. The summed E-state index contributed by atoms with van der Waals surface area (Å²) in [7, 11) is 0. The molecule has 1 unspecified atom stereocenters. The first-order valence-corrected chi connectivity index (χ1v) is 9.35. The van der Waals surface area contributed by atoms with Crippen molar-refractivity contribution in [2.75, 3.05) is 19.7 Å². The Hall–Kier alpha value is -2.44. The summed E-state index contributed by atoms with van der Waals surface area (Å²) in [6, 6.07) is 6.45. The number of nitrogens with zero attached hydrogens (tertiary/aromatic N) is 2. The standard InChI is InChI=1S/C20H25FN2O4/c1-3-26-19(25)20(8-10-23(11-9-20)14(2)24)13-15-12-18(22-27-15)16-6-4-5-7-17(16)21/h4-7,15H,3,8-13H2,1-2H3. The quantitative estimate of drug-likeness (QED) is 0.741. The minimum absolute atomic E-state index is 0.00903. The van der Waals surface area contributed by atoms with Crippen molar-refractivity contribution in [3.8, 4) is 0 Å². The van der Waals surface area contributed by atoms with Crippen molar-refractivity contribution in [1.29, 1.82) is 0 Å². The van der Waals surface area contributed by atoms with Gasteiger partial charge in [0.05, 0.1) is 17.7 Å². The monoisotopic (exact) mass is 376 g/mol. The highest BCUT2D eigenvalue weighted by atomic mass is 19.1. The minimum atomic E-state index is -0.702. The summed E-state index contributed by atoms with van der Waals surface area (Å²) in [6.45, 7) is 4.65. The van der Waals surface area contributed by atoms with Gasteiger partial charge in [0, 0.05) is 38.4 Å².